The molecule has 1 aromatic heterocycles. The minimum Gasteiger partial charge on any atom is -0.482 e. The first-order chi connectivity index (χ1) is 14.9. The van der Waals surface area contributed by atoms with Crippen LogP contribution in [0.4, 0.5) is 31.1 Å². The average molecular weight is 486 g/mol. The quantitative estimate of drug-likeness (QED) is 0.339. The second-order valence-corrected chi connectivity index (χ2v) is 6.30. The number of amides is 1. The van der Waals surface area contributed by atoms with Crippen LogP contribution in [0.25, 0.3) is 11.3 Å². The van der Waals surface area contributed by atoms with E-state index < -0.39 is 43.2 Å². The van der Waals surface area contributed by atoms with Gasteiger partial charge in [0.1, 0.15) is 18.6 Å². The van der Waals surface area contributed by atoms with Gasteiger partial charge in [0, 0.05) is 16.7 Å². The third kappa shape index (κ3) is 7.80. The molecule has 0 saturated carbocycles. The summed E-state index contributed by atoms with van der Waals surface area (Å²) >= 11 is 5.80. The maximum absolute atomic E-state index is 12.7. The number of hydrogen-bond acceptors (Lipinski definition) is 6. The van der Waals surface area contributed by atoms with Gasteiger partial charge in [-0.25, -0.2) is 9.78 Å². The van der Waals surface area contributed by atoms with Crippen molar-refractivity contribution in [3.63, 3.8) is 0 Å². The molecule has 0 bridgehead atoms. The van der Waals surface area contributed by atoms with Crippen LogP contribution in [-0.2, 0) is 4.84 Å². The molecule has 14 heteroatoms. The van der Waals surface area contributed by atoms with Gasteiger partial charge in [0.2, 0.25) is 5.88 Å². The van der Waals surface area contributed by atoms with Crippen molar-refractivity contribution in [1.82, 2.24) is 10.3 Å². The van der Waals surface area contributed by atoms with E-state index in [-0.39, 0.29) is 17.0 Å². The number of ether oxygens (including phenoxy) is 2. The Bertz CT molecular complexity index is 965. The first kappa shape index (κ1) is 25.0. The van der Waals surface area contributed by atoms with Crippen LogP contribution in [0.1, 0.15) is 0 Å². The predicted octanol–water partition coefficient (Wildman–Crippen LogP) is 5.00. The van der Waals surface area contributed by atoms with E-state index >= 15 is 0 Å². The predicted molar refractivity (Wildman–Crippen MR) is 101 cm³/mol. The Kier molecular flexibility index (Phi) is 8.14. The Morgan fingerprint density at radius 1 is 1.09 bits per heavy atom. The average Bonchev–Trinajstić information content (AvgIpc) is 2.69. The molecule has 0 radical (unpaired) electrons. The van der Waals surface area contributed by atoms with Crippen molar-refractivity contribution in [2.75, 3.05) is 20.3 Å². The topological polar surface area (TPSA) is 82.0 Å². The Labute approximate surface area is 181 Å². The number of rotatable bonds is 7. The summed E-state index contributed by atoms with van der Waals surface area (Å²) in [6.07, 6.45) is -10.8. The highest BCUT2D eigenvalue weighted by molar-refractivity contribution is 6.30. The lowest BCUT2D eigenvalue weighted by Gasteiger charge is -2.14. The molecule has 1 amide bonds. The van der Waals surface area contributed by atoms with Gasteiger partial charge in [0.25, 0.3) is 0 Å². The van der Waals surface area contributed by atoms with Crippen LogP contribution < -0.4 is 14.8 Å². The van der Waals surface area contributed by atoms with Crippen LogP contribution in [0.3, 0.4) is 0 Å². The number of carbonyl (C=O) groups excluding carboxylic acids is 1. The molecule has 174 valence electrons. The summed E-state index contributed by atoms with van der Waals surface area (Å²) in [5.41, 5.74) is -1.26. The summed E-state index contributed by atoms with van der Waals surface area (Å²) in [6, 6.07) is 7.84. The molecule has 0 atom stereocenters. The van der Waals surface area contributed by atoms with Crippen LogP contribution in [0.2, 0.25) is 5.02 Å². The number of halogens is 7. The molecule has 1 aromatic carbocycles. The van der Waals surface area contributed by atoms with Gasteiger partial charge in [-0.2, -0.15) is 26.3 Å². The highest BCUT2D eigenvalue weighted by atomic mass is 35.5. The molecule has 0 aliphatic rings. The van der Waals surface area contributed by atoms with Crippen LogP contribution >= 0.6 is 11.6 Å². The molecule has 7 nitrogen and oxygen atoms in total. The number of pyridine rings is 1. The fourth-order valence-corrected chi connectivity index (χ4v) is 2.28. The van der Waals surface area contributed by atoms with Gasteiger partial charge in [0.15, 0.2) is 12.3 Å². The van der Waals surface area contributed by atoms with Crippen LogP contribution in [0.5, 0.6) is 11.6 Å². The third-order valence-electron chi connectivity index (χ3n) is 3.47. The van der Waals surface area contributed by atoms with Crippen molar-refractivity contribution in [2.45, 2.75) is 12.4 Å². The smallest absolute Gasteiger partial charge is 0.434 e. The number of aromatic nitrogens is 1. The van der Waals surface area contributed by atoms with Crippen molar-refractivity contribution in [3.05, 3.63) is 41.4 Å². The highest BCUT2D eigenvalue weighted by Crippen LogP contribution is 2.32. The van der Waals surface area contributed by atoms with Crippen molar-refractivity contribution < 1.29 is 45.4 Å². The lowest BCUT2D eigenvalue weighted by atomic mass is 10.1. The second kappa shape index (κ2) is 10.4. The minimum absolute atomic E-state index is 0.117. The van der Waals surface area contributed by atoms with Gasteiger partial charge in [-0.15, -0.1) is 0 Å². The molecular formula is C18H14ClF6N3O4. The molecule has 0 spiro atoms. The van der Waals surface area contributed by atoms with E-state index in [0.29, 0.717) is 5.02 Å². The molecule has 0 aliphatic heterocycles. The summed E-state index contributed by atoms with van der Waals surface area (Å²) in [5.74, 6) is -0.687. The van der Waals surface area contributed by atoms with E-state index in [1.54, 1.807) is 0 Å². The fourth-order valence-electron chi connectivity index (χ4n) is 2.16. The molecule has 0 saturated heterocycles. The Balaban J connectivity index is 2.21. The number of carbonyl (C=O) groups is 1. The molecular weight excluding hydrogens is 472 g/mol. The van der Waals surface area contributed by atoms with Crippen LogP contribution in [-0.4, -0.2) is 49.4 Å². The fraction of sp³-hybridized carbons (Fsp3) is 0.278. The zero-order chi connectivity index (χ0) is 23.9. The van der Waals surface area contributed by atoms with Crippen molar-refractivity contribution in [2.24, 2.45) is 5.16 Å². The first-order valence-corrected chi connectivity index (χ1v) is 8.86. The number of hydrogen-bond donors (Lipinski definition) is 1. The van der Waals surface area contributed by atoms with Gasteiger partial charge in [-0.1, -0.05) is 28.9 Å². The van der Waals surface area contributed by atoms with E-state index in [4.69, 9.17) is 21.1 Å². The van der Waals surface area contributed by atoms with Gasteiger partial charge in [-0.3, -0.25) is 0 Å². The largest absolute Gasteiger partial charge is 0.482 e. The Hall–Kier alpha value is -3.22. The van der Waals surface area contributed by atoms with Gasteiger partial charge in [0.05, 0.1) is 6.54 Å². The standard InChI is InChI=1S/C18H14ClF6N3O4/c1-30-28-13(18(23,24)25)8-26-16(29)32-14-7-6-12(31-9-17(20,21)22)15(27-14)10-2-4-11(19)5-3-10/h2-7H,8-9H2,1H3,(H,26,29)/b28-13-. The summed E-state index contributed by atoms with van der Waals surface area (Å²) in [5, 5.41) is 4.94. The summed E-state index contributed by atoms with van der Waals surface area (Å²) in [6.45, 7) is -2.66. The molecule has 32 heavy (non-hydrogen) atoms. The Morgan fingerprint density at radius 3 is 2.31 bits per heavy atom. The van der Waals surface area contributed by atoms with Gasteiger partial charge >= 0.3 is 18.4 Å². The van der Waals surface area contributed by atoms with Crippen molar-refractivity contribution in [1.29, 1.82) is 0 Å². The number of nitrogens with one attached hydrogen (secondary N) is 1. The minimum atomic E-state index is -4.86. The number of alkyl halides is 6. The summed E-state index contributed by atoms with van der Waals surface area (Å²) in [7, 11) is 0.898. The molecule has 2 aromatic rings. The maximum atomic E-state index is 12.7. The highest BCUT2D eigenvalue weighted by Gasteiger charge is 2.37. The number of oxime groups is 1. The first-order valence-electron chi connectivity index (χ1n) is 8.48. The molecule has 0 fully saturated rings. The Morgan fingerprint density at radius 2 is 1.75 bits per heavy atom. The molecule has 1 heterocycles. The van der Waals surface area contributed by atoms with Crippen molar-refractivity contribution in [3.8, 4) is 22.9 Å². The lowest BCUT2D eigenvalue weighted by Crippen LogP contribution is -2.38. The third-order valence-corrected chi connectivity index (χ3v) is 3.72. The zero-order valence-corrected chi connectivity index (χ0v) is 16.8. The monoisotopic (exact) mass is 485 g/mol. The van der Waals surface area contributed by atoms with Gasteiger partial charge < -0.3 is 19.6 Å². The van der Waals surface area contributed by atoms with Gasteiger partial charge in [-0.05, 0) is 18.2 Å². The molecule has 1 N–H and O–H groups in total. The number of benzene rings is 1. The van der Waals surface area contributed by atoms with E-state index in [1.165, 1.54) is 24.3 Å². The second-order valence-electron chi connectivity index (χ2n) is 5.87. The molecule has 0 unspecified atom stereocenters. The van der Waals surface area contributed by atoms with E-state index in [9.17, 15) is 31.1 Å². The molecule has 2 rings (SSSR count). The van der Waals surface area contributed by atoms with E-state index in [0.717, 1.165) is 19.2 Å². The molecule has 0 aliphatic carbocycles. The maximum Gasteiger partial charge on any atom is 0.434 e. The number of nitrogens with zero attached hydrogens (tertiary/aromatic N) is 2. The lowest BCUT2D eigenvalue weighted by molar-refractivity contribution is -0.153. The SMILES string of the molecule is CO/N=C(/CNC(=O)Oc1ccc(OCC(F)(F)F)c(-c2ccc(Cl)cc2)n1)C(F)(F)F. The van der Waals surface area contributed by atoms with Crippen LogP contribution in [0.15, 0.2) is 41.6 Å². The van der Waals surface area contributed by atoms with E-state index in [2.05, 4.69) is 15.0 Å². The van der Waals surface area contributed by atoms with Crippen LogP contribution in [0, 0.1) is 0 Å². The van der Waals surface area contributed by atoms with Crippen molar-refractivity contribution >= 4 is 23.4 Å². The van der Waals surface area contributed by atoms with E-state index in [1.807, 2.05) is 5.32 Å². The zero-order valence-electron chi connectivity index (χ0n) is 16.1. The summed E-state index contributed by atoms with van der Waals surface area (Å²) < 4.78 is 85.4. The summed E-state index contributed by atoms with van der Waals surface area (Å²) in [4.78, 5) is 19.9. The normalized spacial score (nSPS) is 12.3.